The number of hydrogen-bond acceptors (Lipinski definition) is 9. The molecule has 0 bridgehead atoms. The van der Waals surface area contributed by atoms with E-state index in [-0.39, 0.29) is 6.79 Å². The molecule has 10 heteroatoms. The van der Waals surface area contributed by atoms with Crippen molar-refractivity contribution in [2.75, 3.05) is 12.1 Å². The van der Waals surface area contributed by atoms with Crippen LogP contribution in [-0.2, 0) is 6.54 Å². The van der Waals surface area contributed by atoms with E-state index in [1.807, 2.05) is 48.1 Å². The van der Waals surface area contributed by atoms with Crippen LogP contribution >= 0.6 is 23.1 Å². The second-order valence-electron chi connectivity index (χ2n) is 7.06. The van der Waals surface area contributed by atoms with E-state index < -0.39 is 0 Å². The standard InChI is InChI=1S/C21H16N6O2S2/c1-12-20(16-6-7-27(24-16)14-3-5-18-19(9-14)29-11-28-18)30-21(23-12)22-10-13-2-4-15-17(8-13)26-31-25-15/h2-9H,10-11H2,1H3,(H,22,23). The molecule has 1 aliphatic heterocycles. The van der Waals surface area contributed by atoms with Gasteiger partial charge >= 0.3 is 0 Å². The fraction of sp³-hybridized carbons (Fsp3) is 0.143. The Morgan fingerprint density at radius 2 is 1.94 bits per heavy atom. The summed E-state index contributed by atoms with van der Waals surface area (Å²) in [5, 5.41) is 9.02. The summed E-state index contributed by atoms with van der Waals surface area (Å²) in [5.74, 6) is 1.50. The van der Waals surface area contributed by atoms with Gasteiger partial charge in [0.25, 0.3) is 0 Å². The minimum atomic E-state index is 0.257. The Hall–Kier alpha value is -3.50. The maximum atomic E-state index is 5.47. The maximum absolute atomic E-state index is 5.47. The summed E-state index contributed by atoms with van der Waals surface area (Å²) in [4.78, 5) is 5.72. The Balaban J connectivity index is 1.21. The highest BCUT2D eigenvalue weighted by molar-refractivity contribution is 7.19. The third-order valence-corrected chi connectivity index (χ3v) is 6.70. The molecule has 6 rings (SSSR count). The summed E-state index contributed by atoms with van der Waals surface area (Å²) in [7, 11) is 0. The number of aromatic nitrogens is 5. The lowest BCUT2D eigenvalue weighted by Gasteiger charge is -2.03. The fourth-order valence-electron chi connectivity index (χ4n) is 3.44. The van der Waals surface area contributed by atoms with E-state index in [0.29, 0.717) is 6.54 Å². The summed E-state index contributed by atoms with van der Waals surface area (Å²) in [6.45, 7) is 2.93. The first kappa shape index (κ1) is 18.3. The molecule has 0 spiro atoms. The molecule has 8 nitrogen and oxygen atoms in total. The first-order valence-corrected chi connectivity index (χ1v) is 11.2. The Kier molecular flexibility index (Phi) is 4.32. The molecule has 0 saturated carbocycles. The van der Waals surface area contributed by atoms with Crippen molar-refractivity contribution >= 4 is 39.2 Å². The van der Waals surface area contributed by atoms with Crippen LogP contribution in [-0.4, -0.2) is 30.3 Å². The third kappa shape index (κ3) is 3.39. The molecule has 0 radical (unpaired) electrons. The topological polar surface area (TPSA) is 87.0 Å². The highest BCUT2D eigenvalue weighted by atomic mass is 32.1. The number of nitrogens with one attached hydrogen (secondary N) is 1. The van der Waals surface area contributed by atoms with Gasteiger partial charge in [-0.3, -0.25) is 0 Å². The van der Waals surface area contributed by atoms with Crippen LogP contribution in [0.15, 0.2) is 48.7 Å². The quantitative estimate of drug-likeness (QED) is 0.419. The molecule has 0 amide bonds. The van der Waals surface area contributed by atoms with Gasteiger partial charge in [-0.1, -0.05) is 17.4 Å². The van der Waals surface area contributed by atoms with Gasteiger partial charge in [-0.25, -0.2) is 9.67 Å². The number of anilines is 1. The molecule has 154 valence electrons. The van der Waals surface area contributed by atoms with Crippen LogP contribution in [0.4, 0.5) is 5.13 Å². The first-order chi connectivity index (χ1) is 15.2. The Bertz CT molecular complexity index is 1410. The zero-order valence-electron chi connectivity index (χ0n) is 16.4. The zero-order valence-corrected chi connectivity index (χ0v) is 18.0. The molecule has 0 saturated heterocycles. The van der Waals surface area contributed by atoms with Crippen LogP contribution < -0.4 is 14.8 Å². The van der Waals surface area contributed by atoms with Crippen LogP contribution in [0, 0.1) is 6.92 Å². The molecule has 0 fully saturated rings. The predicted octanol–water partition coefficient (Wildman–Crippen LogP) is 4.65. The van der Waals surface area contributed by atoms with Gasteiger partial charge in [-0.2, -0.15) is 13.8 Å². The van der Waals surface area contributed by atoms with Crippen molar-refractivity contribution in [3.63, 3.8) is 0 Å². The monoisotopic (exact) mass is 448 g/mol. The predicted molar refractivity (Wildman–Crippen MR) is 120 cm³/mol. The van der Waals surface area contributed by atoms with E-state index >= 15 is 0 Å². The summed E-state index contributed by atoms with van der Waals surface area (Å²) in [6.07, 6.45) is 1.94. The van der Waals surface area contributed by atoms with Gasteiger partial charge in [0.1, 0.15) is 16.7 Å². The van der Waals surface area contributed by atoms with Crippen molar-refractivity contribution < 1.29 is 9.47 Å². The summed E-state index contributed by atoms with van der Waals surface area (Å²) in [6, 6.07) is 13.9. The van der Waals surface area contributed by atoms with E-state index in [2.05, 4.69) is 31.2 Å². The minimum Gasteiger partial charge on any atom is -0.454 e. The third-order valence-electron chi connectivity index (χ3n) is 5.00. The molecule has 0 aliphatic carbocycles. The van der Waals surface area contributed by atoms with Crippen molar-refractivity contribution in [1.82, 2.24) is 23.5 Å². The van der Waals surface area contributed by atoms with Crippen molar-refractivity contribution in [2.24, 2.45) is 0 Å². The molecular formula is C21H16N6O2S2. The van der Waals surface area contributed by atoms with Crippen LogP contribution in [0.2, 0.25) is 0 Å². The van der Waals surface area contributed by atoms with E-state index in [1.54, 1.807) is 11.3 Å². The van der Waals surface area contributed by atoms with E-state index in [1.165, 1.54) is 11.7 Å². The Morgan fingerprint density at radius 3 is 2.90 bits per heavy atom. The summed E-state index contributed by atoms with van der Waals surface area (Å²) in [5.41, 5.74) is 5.75. The number of thiazole rings is 1. The van der Waals surface area contributed by atoms with Crippen LogP contribution in [0.3, 0.4) is 0 Å². The van der Waals surface area contributed by atoms with Crippen molar-refractivity contribution in [2.45, 2.75) is 13.5 Å². The maximum Gasteiger partial charge on any atom is 0.231 e. The van der Waals surface area contributed by atoms with Gasteiger partial charge in [0.05, 0.1) is 28.0 Å². The van der Waals surface area contributed by atoms with Gasteiger partial charge in [-0.05, 0) is 42.8 Å². The number of benzene rings is 2. The molecule has 1 aliphatic rings. The molecule has 31 heavy (non-hydrogen) atoms. The molecule has 0 atom stereocenters. The Labute approximate surface area is 185 Å². The van der Waals surface area contributed by atoms with Crippen LogP contribution in [0.25, 0.3) is 27.3 Å². The number of fused-ring (bicyclic) bond motifs is 2. The average Bonchev–Trinajstić information content (AvgIpc) is 3.57. The molecule has 1 N–H and O–H groups in total. The largest absolute Gasteiger partial charge is 0.454 e. The summed E-state index contributed by atoms with van der Waals surface area (Å²) < 4.78 is 21.2. The van der Waals surface area contributed by atoms with Gasteiger partial charge in [0, 0.05) is 18.8 Å². The number of ether oxygens (including phenoxy) is 2. The normalized spacial score (nSPS) is 12.5. The second kappa shape index (κ2) is 7.33. The lowest BCUT2D eigenvalue weighted by atomic mass is 10.2. The van der Waals surface area contributed by atoms with Crippen molar-refractivity contribution in [1.29, 1.82) is 0 Å². The SMILES string of the molecule is Cc1nc(NCc2ccc3nsnc3c2)sc1-c1ccn(-c2ccc3c(c2)OCO3)n1. The number of aryl methyl sites for hydroxylation is 1. The molecule has 5 aromatic rings. The first-order valence-electron chi connectivity index (χ1n) is 9.61. The number of rotatable bonds is 5. The van der Waals surface area contributed by atoms with Gasteiger partial charge in [-0.15, -0.1) is 0 Å². The molecular weight excluding hydrogens is 432 g/mol. The molecule has 4 heterocycles. The second-order valence-corrected chi connectivity index (χ2v) is 8.59. The fourth-order valence-corrected chi connectivity index (χ4v) is 4.89. The van der Waals surface area contributed by atoms with E-state index in [9.17, 15) is 0 Å². The lowest BCUT2D eigenvalue weighted by molar-refractivity contribution is 0.174. The van der Waals surface area contributed by atoms with Crippen LogP contribution in [0.1, 0.15) is 11.3 Å². The molecule has 0 unspecified atom stereocenters. The smallest absolute Gasteiger partial charge is 0.231 e. The highest BCUT2D eigenvalue weighted by Gasteiger charge is 2.16. The van der Waals surface area contributed by atoms with Crippen molar-refractivity contribution in [3.05, 3.63) is 59.9 Å². The highest BCUT2D eigenvalue weighted by Crippen LogP contribution is 2.35. The van der Waals surface area contributed by atoms with E-state index in [0.717, 1.165) is 55.2 Å². The van der Waals surface area contributed by atoms with E-state index in [4.69, 9.17) is 14.6 Å². The lowest BCUT2D eigenvalue weighted by Crippen LogP contribution is -1.98. The Morgan fingerprint density at radius 1 is 1.03 bits per heavy atom. The van der Waals surface area contributed by atoms with Gasteiger partial charge < -0.3 is 14.8 Å². The number of nitrogens with zero attached hydrogens (tertiary/aromatic N) is 5. The van der Waals surface area contributed by atoms with Crippen molar-refractivity contribution in [3.8, 4) is 27.8 Å². The van der Waals surface area contributed by atoms with Gasteiger partial charge in [0.2, 0.25) is 6.79 Å². The number of hydrogen-bond donors (Lipinski definition) is 1. The van der Waals surface area contributed by atoms with Crippen LogP contribution in [0.5, 0.6) is 11.5 Å². The molecule has 3 aromatic heterocycles. The molecule has 2 aromatic carbocycles. The van der Waals surface area contributed by atoms with Gasteiger partial charge in [0.15, 0.2) is 16.6 Å². The zero-order chi connectivity index (χ0) is 20.8. The summed E-state index contributed by atoms with van der Waals surface area (Å²) >= 11 is 2.83. The average molecular weight is 449 g/mol. The minimum absolute atomic E-state index is 0.257.